The second-order valence-corrected chi connectivity index (χ2v) is 4.78. The summed E-state index contributed by atoms with van der Waals surface area (Å²) < 4.78 is 11.1. The van der Waals surface area contributed by atoms with Gasteiger partial charge in [0.05, 0.1) is 19.7 Å². The summed E-state index contributed by atoms with van der Waals surface area (Å²) >= 11 is 0. The number of para-hydroxylation sites is 2. The molecule has 1 aromatic rings. The third-order valence-electron chi connectivity index (χ3n) is 3.16. The van der Waals surface area contributed by atoms with Crippen molar-refractivity contribution in [2.45, 2.75) is 19.9 Å². The molecule has 0 saturated carbocycles. The molecule has 1 N–H and O–H groups in total. The maximum atomic E-state index is 11.9. The Kier molecular flexibility index (Phi) is 5.03. The number of carbonyl (C=O) groups is 2. The minimum atomic E-state index is -0.470. The molecule has 1 atom stereocenters. The lowest BCUT2D eigenvalue weighted by Crippen LogP contribution is -2.57. The molecule has 0 radical (unpaired) electrons. The molecule has 2 amide bonds. The van der Waals surface area contributed by atoms with Gasteiger partial charge in [-0.25, -0.2) is 0 Å². The summed E-state index contributed by atoms with van der Waals surface area (Å²) in [5, 5.41) is 2.60. The molecular formula is C15H20N2O4. The van der Waals surface area contributed by atoms with Crippen LogP contribution in [0.5, 0.6) is 11.5 Å². The van der Waals surface area contributed by atoms with Crippen molar-refractivity contribution >= 4 is 11.8 Å². The van der Waals surface area contributed by atoms with Gasteiger partial charge in [0.15, 0.2) is 11.5 Å². The third-order valence-corrected chi connectivity index (χ3v) is 3.16. The van der Waals surface area contributed by atoms with E-state index >= 15 is 0 Å². The van der Waals surface area contributed by atoms with Crippen LogP contribution >= 0.6 is 0 Å². The van der Waals surface area contributed by atoms with Crippen molar-refractivity contribution in [3.05, 3.63) is 24.3 Å². The van der Waals surface area contributed by atoms with Gasteiger partial charge < -0.3 is 19.7 Å². The Morgan fingerprint density at radius 1 is 1.24 bits per heavy atom. The minimum Gasteiger partial charge on any atom is -0.490 e. The van der Waals surface area contributed by atoms with Crippen LogP contribution in [0.2, 0.25) is 0 Å². The van der Waals surface area contributed by atoms with Crippen LogP contribution < -0.4 is 14.8 Å². The van der Waals surface area contributed by atoms with E-state index in [4.69, 9.17) is 9.47 Å². The highest BCUT2D eigenvalue weighted by Crippen LogP contribution is 2.26. The van der Waals surface area contributed by atoms with Crippen molar-refractivity contribution in [2.75, 3.05) is 26.3 Å². The normalized spacial score (nSPS) is 18.4. The summed E-state index contributed by atoms with van der Waals surface area (Å²) in [6, 6.07) is 6.91. The Balaban J connectivity index is 1.89. The molecular weight excluding hydrogens is 272 g/mol. The Labute approximate surface area is 124 Å². The molecule has 1 fully saturated rings. The van der Waals surface area contributed by atoms with Crippen LogP contribution in [0.25, 0.3) is 0 Å². The molecule has 1 aromatic carbocycles. The van der Waals surface area contributed by atoms with Crippen LogP contribution in [0.1, 0.15) is 13.8 Å². The first kappa shape index (κ1) is 15.2. The van der Waals surface area contributed by atoms with Gasteiger partial charge in [-0.2, -0.15) is 0 Å². The van der Waals surface area contributed by atoms with Gasteiger partial charge >= 0.3 is 0 Å². The lowest BCUT2D eigenvalue weighted by molar-refractivity contribution is -0.144. The van der Waals surface area contributed by atoms with E-state index in [1.807, 2.05) is 31.2 Å². The van der Waals surface area contributed by atoms with Crippen molar-refractivity contribution in [3.63, 3.8) is 0 Å². The van der Waals surface area contributed by atoms with Gasteiger partial charge in [-0.05, 0) is 26.0 Å². The largest absolute Gasteiger partial charge is 0.490 e. The molecule has 6 heteroatoms. The molecule has 6 nitrogen and oxygen atoms in total. The van der Waals surface area contributed by atoms with Crippen molar-refractivity contribution in [1.82, 2.24) is 10.2 Å². The second-order valence-electron chi connectivity index (χ2n) is 4.78. The van der Waals surface area contributed by atoms with E-state index in [-0.39, 0.29) is 18.4 Å². The third kappa shape index (κ3) is 3.87. The summed E-state index contributed by atoms with van der Waals surface area (Å²) in [5.41, 5.74) is 0. The molecule has 114 valence electrons. The molecule has 0 aliphatic carbocycles. The fourth-order valence-electron chi connectivity index (χ4n) is 2.17. The number of amides is 2. The number of hydrogen-bond acceptors (Lipinski definition) is 4. The van der Waals surface area contributed by atoms with Crippen LogP contribution in [0.3, 0.4) is 0 Å². The number of nitrogens with one attached hydrogen (secondary N) is 1. The SMILES string of the molecule is CCOc1ccccc1OCCN1CC(=O)NC(C)C1=O. The Morgan fingerprint density at radius 3 is 2.57 bits per heavy atom. The minimum absolute atomic E-state index is 0.0830. The second kappa shape index (κ2) is 6.97. The highest BCUT2D eigenvalue weighted by atomic mass is 16.5. The zero-order valence-corrected chi connectivity index (χ0v) is 12.3. The van der Waals surface area contributed by atoms with Gasteiger partial charge in [-0.3, -0.25) is 9.59 Å². The number of rotatable bonds is 6. The van der Waals surface area contributed by atoms with Crippen LogP contribution in [0.4, 0.5) is 0 Å². The average Bonchev–Trinajstić information content (AvgIpc) is 2.46. The van der Waals surface area contributed by atoms with Gasteiger partial charge in [0.25, 0.3) is 0 Å². The molecule has 0 aromatic heterocycles. The van der Waals surface area contributed by atoms with Gasteiger partial charge in [0.2, 0.25) is 11.8 Å². The monoisotopic (exact) mass is 292 g/mol. The molecule has 1 unspecified atom stereocenters. The molecule has 1 aliphatic heterocycles. The molecule has 1 aliphatic rings. The predicted octanol–water partition coefficient (Wildman–Crippen LogP) is 0.811. The summed E-state index contributed by atoms with van der Waals surface area (Å²) in [5.74, 6) is 1.09. The van der Waals surface area contributed by atoms with Crippen molar-refractivity contribution < 1.29 is 19.1 Å². The van der Waals surface area contributed by atoms with Gasteiger partial charge in [-0.1, -0.05) is 12.1 Å². The maximum absolute atomic E-state index is 11.9. The lowest BCUT2D eigenvalue weighted by atomic mass is 10.2. The highest BCUT2D eigenvalue weighted by Gasteiger charge is 2.29. The standard InChI is InChI=1S/C15H20N2O4/c1-3-20-12-6-4-5-7-13(12)21-9-8-17-10-14(18)16-11(2)15(17)19/h4-7,11H,3,8-10H2,1-2H3,(H,16,18). The van der Waals surface area contributed by atoms with Crippen LogP contribution in [-0.4, -0.2) is 49.1 Å². The summed E-state index contributed by atoms with van der Waals surface area (Å²) in [4.78, 5) is 24.9. The summed E-state index contributed by atoms with van der Waals surface area (Å²) in [6.07, 6.45) is 0. The lowest BCUT2D eigenvalue weighted by Gasteiger charge is -2.30. The number of piperazine rings is 1. The Hall–Kier alpha value is -2.24. The van der Waals surface area contributed by atoms with Gasteiger partial charge in [0.1, 0.15) is 12.6 Å². The van der Waals surface area contributed by atoms with Crippen LogP contribution in [0, 0.1) is 0 Å². The first-order valence-electron chi connectivity index (χ1n) is 7.04. The Morgan fingerprint density at radius 2 is 1.90 bits per heavy atom. The number of carbonyl (C=O) groups excluding carboxylic acids is 2. The molecule has 1 heterocycles. The summed E-state index contributed by atoms with van der Waals surface area (Å²) in [6.45, 7) is 4.91. The fourth-order valence-corrected chi connectivity index (χ4v) is 2.17. The van der Waals surface area contributed by atoms with E-state index in [9.17, 15) is 9.59 Å². The number of hydrogen-bond donors (Lipinski definition) is 1. The van der Waals surface area contributed by atoms with E-state index < -0.39 is 6.04 Å². The van der Waals surface area contributed by atoms with E-state index in [0.29, 0.717) is 31.3 Å². The van der Waals surface area contributed by atoms with E-state index in [0.717, 1.165) is 0 Å². The molecule has 1 saturated heterocycles. The zero-order valence-electron chi connectivity index (χ0n) is 12.3. The van der Waals surface area contributed by atoms with E-state index in [1.165, 1.54) is 4.90 Å². The number of nitrogens with zero attached hydrogens (tertiary/aromatic N) is 1. The maximum Gasteiger partial charge on any atom is 0.245 e. The van der Waals surface area contributed by atoms with Crippen LogP contribution in [-0.2, 0) is 9.59 Å². The molecule has 2 rings (SSSR count). The van der Waals surface area contributed by atoms with E-state index in [2.05, 4.69) is 5.32 Å². The smallest absolute Gasteiger partial charge is 0.245 e. The molecule has 0 spiro atoms. The van der Waals surface area contributed by atoms with Gasteiger partial charge in [-0.15, -0.1) is 0 Å². The number of ether oxygens (including phenoxy) is 2. The fraction of sp³-hybridized carbons (Fsp3) is 0.467. The van der Waals surface area contributed by atoms with Crippen molar-refractivity contribution in [1.29, 1.82) is 0 Å². The van der Waals surface area contributed by atoms with E-state index in [1.54, 1.807) is 6.92 Å². The molecule has 0 bridgehead atoms. The highest BCUT2D eigenvalue weighted by molar-refractivity contribution is 5.94. The number of benzene rings is 1. The van der Waals surface area contributed by atoms with Gasteiger partial charge in [0, 0.05) is 0 Å². The quantitative estimate of drug-likeness (QED) is 0.842. The average molecular weight is 292 g/mol. The van der Waals surface area contributed by atoms with Crippen molar-refractivity contribution in [3.8, 4) is 11.5 Å². The van der Waals surface area contributed by atoms with Crippen LogP contribution in [0.15, 0.2) is 24.3 Å². The first-order valence-corrected chi connectivity index (χ1v) is 7.04. The zero-order chi connectivity index (χ0) is 15.2. The Bertz CT molecular complexity index is 518. The predicted molar refractivity (Wildman–Crippen MR) is 77.3 cm³/mol. The summed E-state index contributed by atoms with van der Waals surface area (Å²) in [7, 11) is 0. The first-order chi connectivity index (χ1) is 10.1. The van der Waals surface area contributed by atoms with Crippen molar-refractivity contribution in [2.24, 2.45) is 0 Å². The topological polar surface area (TPSA) is 67.9 Å². The molecule has 21 heavy (non-hydrogen) atoms.